The zero-order valence-electron chi connectivity index (χ0n) is 9.16. The minimum absolute atomic E-state index is 0.435. The molecule has 0 amide bonds. The van der Waals surface area contributed by atoms with Crippen molar-refractivity contribution >= 4 is 34.2 Å². The van der Waals surface area contributed by atoms with Gasteiger partial charge in [0.1, 0.15) is 0 Å². The van der Waals surface area contributed by atoms with Crippen LogP contribution in [0.15, 0.2) is 24.3 Å². The van der Waals surface area contributed by atoms with Gasteiger partial charge in [0.25, 0.3) is 0 Å². The average Bonchev–Trinajstić information content (AvgIpc) is 2.30. The molecule has 0 bridgehead atoms. The number of rotatable bonds is 3. The molecule has 2 atom stereocenters. The molecule has 1 aliphatic carbocycles. The summed E-state index contributed by atoms with van der Waals surface area (Å²) >= 11 is 8.36. The lowest BCUT2D eigenvalue weighted by Gasteiger charge is -2.27. The third-order valence-corrected chi connectivity index (χ3v) is 4.68. The molecule has 16 heavy (non-hydrogen) atoms. The van der Waals surface area contributed by atoms with E-state index in [9.17, 15) is 0 Å². The summed E-state index contributed by atoms with van der Waals surface area (Å²) in [5.41, 5.74) is 1.21. The van der Waals surface area contributed by atoms with Crippen LogP contribution in [0.4, 0.5) is 0 Å². The maximum atomic E-state index is 5.97. The van der Waals surface area contributed by atoms with Crippen LogP contribution >= 0.6 is 34.2 Å². The number of hydrogen-bond donors (Lipinski definition) is 0. The second kappa shape index (κ2) is 6.22. The summed E-state index contributed by atoms with van der Waals surface area (Å²) < 4.78 is 6.65. The van der Waals surface area contributed by atoms with E-state index in [1.165, 1.54) is 31.2 Å². The van der Waals surface area contributed by atoms with Crippen molar-refractivity contribution in [2.45, 2.75) is 42.3 Å². The molecule has 1 aromatic rings. The van der Waals surface area contributed by atoms with Gasteiger partial charge >= 0.3 is 0 Å². The first kappa shape index (κ1) is 12.7. The third-order valence-electron chi connectivity index (χ3n) is 3.00. The Morgan fingerprint density at radius 2 is 1.88 bits per heavy atom. The van der Waals surface area contributed by atoms with Gasteiger partial charge in [0.2, 0.25) is 0 Å². The topological polar surface area (TPSA) is 9.23 Å². The van der Waals surface area contributed by atoms with Gasteiger partial charge in [0.05, 0.1) is 12.7 Å². The van der Waals surface area contributed by atoms with Crippen LogP contribution in [-0.2, 0) is 11.3 Å². The van der Waals surface area contributed by atoms with E-state index in [0.29, 0.717) is 16.6 Å². The van der Waals surface area contributed by atoms with Crippen molar-refractivity contribution in [3.63, 3.8) is 0 Å². The van der Waals surface area contributed by atoms with E-state index in [-0.39, 0.29) is 0 Å². The van der Waals surface area contributed by atoms with Crippen LogP contribution < -0.4 is 0 Å². The molecule has 0 aromatic heterocycles. The smallest absolute Gasteiger partial charge is 0.0721 e. The number of benzene rings is 1. The molecule has 0 heterocycles. The summed E-state index contributed by atoms with van der Waals surface area (Å²) in [6.07, 6.45) is 5.61. The molecule has 1 fully saturated rings. The summed E-state index contributed by atoms with van der Waals surface area (Å²) in [6, 6.07) is 7.91. The SMILES string of the molecule is Clc1ccc(COC2CCCCC2I)cc1. The van der Waals surface area contributed by atoms with Crippen molar-refractivity contribution in [3.8, 4) is 0 Å². The Bertz CT molecular complexity index is 325. The number of halogens is 2. The van der Waals surface area contributed by atoms with E-state index in [1.54, 1.807) is 0 Å². The summed E-state index contributed by atoms with van der Waals surface area (Å²) in [7, 11) is 0. The third kappa shape index (κ3) is 3.60. The highest BCUT2D eigenvalue weighted by Crippen LogP contribution is 2.28. The van der Waals surface area contributed by atoms with Crippen molar-refractivity contribution < 1.29 is 4.74 Å². The van der Waals surface area contributed by atoms with Crippen LogP contribution in [0.25, 0.3) is 0 Å². The van der Waals surface area contributed by atoms with E-state index in [1.807, 2.05) is 24.3 Å². The Morgan fingerprint density at radius 1 is 1.19 bits per heavy atom. The van der Waals surface area contributed by atoms with Crippen molar-refractivity contribution in [2.24, 2.45) is 0 Å². The molecule has 3 heteroatoms. The maximum Gasteiger partial charge on any atom is 0.0721 e. The van der Waals surface area contributed by atoms with Gasteiger partial charge in [-0.2, -0.15) is 0 Å². The predicted molar refractivity (Wildman–Crippen MR) is 76.3 cm³/mol. The van der Waals surface area contributed by atoms with Gasteiger partial charge in [0.15, 0.2) is 0 Å². The molecule has 1 saturated carbocycles. The number of hydrogen-bond acceptors (Lipinski definition) is 1. The largest absolute Gasteiger partial charge is 0.372 e. The molecule has 1 nitrogen and oxygen atoms in total. The van der Waals surface area contributed by atoms with Crippen LogP contribution in [0.5, 0.6) is 0 Å². The normalized spacial score (nSPS) is 25.6. The molecule has 0 N–H and O–H groups in total. The maximum absolute atomic E-state index is 5.97. The van der Waals surface area contributed by atoms with E-state index in [0.717, 1.165) is 5.02 Å². The molecule has 0 radical (unpaired) electrons. The van der Waals surface area contributed by atoms with Crippen LogP contribution in [0, 0.1) is 0 Å². The molecule has 2 rings (SSSR count). The summed E-state index contributed by atoms with van der Waals surface area (Å²) in [5, 5.41) is 0.785. The monoisotopic (exact) mass is 350 g/mol. The molecule has 1 aromatic carbocycles. The molecule has 0 spiro atoms. The molecule has 0 saturated heterocycles. The number of alkyl halides is 1. The summed E-state index contributed by atoms with van der Waals surface area (Å²) in [4.78, 5) is 0. The lowest BCUT2D eigenvalue weighted by molar-refractivity contribution is 0.0246. The van der Waals surface area contributed by atoms with Crippen LogP contribution in [0.2, 0.25) is 5.02 Å². The van der Waals surface area contributed by atoms with Crippen molar-refractivity contribution in [1.82, 2.24) is 0 Å². The van der Waals surface area contributed by atoms with Crippen molar-refractivity contribution in [1.29, 1.82) is 0 Å². The van der Waals surface area contributed by atoms with Gasteiger partial charge in [-0.05, 0) is 30.5 Å². The highest BCUT2D eigenvalue weighted by atomic mass is 127. The molecule has 88 valence electrons. The van der Waals surface area contributed by atoms with Gasteiger partial charge in [-0.1, -0.05) is 59.2 Å². The van der Waals surface area contributed by atoms with Crippen LogP contribution in [0.1, 0.15) is 31.2 Å². The Hall–Kier alpha value is 0.200. The van der Waals surface area contributed by atoms with E-state index in [4.69, 9.17) is 16.3 Å². The Kier molecular flexibility index (Phi) is 4.92. The summed E-state index contributed by atoms with van der Waals surface area (Å²) in [5.74, 6) is 0. The van der Waals surface area contributed by atoms with Gasteiger partial charge in [0, 0.05) is 8.95 Å². The zero-order chi connectivity index (χ0) is 11.4. The fraction of sp³-hybridized carbons (Fsp3) is 0.538. The first-order chi connectivity index (χ1) is 7.75. The van der Waals surface area contributed by atoms with E-state index < -0.39 is 0 Å². The molecule has 1 aliphatic rings. The van der Waals surface area contributed by atoms with Gasteiger partial charge in [-0.25, -0.2) is 0 Å². The summed E-state index contributed by atoms with van der Waals surface area (Å²) in [6.45, 7) is 0.710. The molecule has 0 aliphatic heterocycles. The van der Waals surface area contributed by atoms with E-state index in [2.05, 4.69) is 22.6 Å². The number of ether oxygens (including phenoxy) is 1. The predicted octanol–water partition coefficient (Wildman–Crippen LogP) is 4.60. The highest BCUT2D eigenvalue weighted by Gasteiger charge is 2.22. The van der Waals surface area contributed by atoms with Crippen LogP contribution in [0.3, 0.4) is 0 Å². The van der Waals surface area contributed by atoms with Gasteiger partial charge in [-0.3, -0.25) is 0 Å². The Morgan fingerprint density at radius 3 is 2.56 bits per heavy atom. The average molecular weight is 351 g/mol. The fourth-order valence-electron chi connectivity index (χ4n) is 2.02. The molecular formula is C13H16ClIO. The standard InChI is InChI=1S/C13H16ClIO/c14-11-7-5-10(6-8-11)9-16-13-4-2-1-3-12(13)15/h5-8,12-13H,1-4,9H2. The van der Waals surface area contributed by atoms with Gasteiger partial charge in [-0.15, -0.1) is 0 Å². The zero-order valence-corrected chi connectivity index (χ0v) is 12.1. The first-order valence-electron chi connectivity index (χ1n) is 5.76. The fourth-order valence-corrected chi connectivity index (χ4v) is 3.16. The molecule has 2 unspecified atom stereocenters. The lowest BCUT2D eigenvalue weighted by Crippen LogP contribution is -2.27. The second-order valence-electron chi connectivity index (χ2n) is 4.28. The first-order valence-corrected chi connectivity index (χ1v) is 7.38. The van der Waals surface area contributed by atoms with Crippen molar-refractivity contribution in [2.75, 3.05) is 0 Å². The van der Waals surface area contributed by atoms with Gasteiger partial charge < -0.3 is 4.74 Å². The van der Waals surface area contributed by atoms with Crippen LogP contribution in [-0.4, -0.2) is 10.0 Å². The quantitative estimate of drug-likeness (QED) is 0.572. The highest BCUT2D eigenvalue weighted by molar-refractivity contribution is 14.1. The second-order valence-corrected chi connectivity index (χ2v) is 6.31. The van der Waals surface area contributed by atoms with E-state index >= 15 is 0 Å². The molecular weight excluding hydrogens is 334 g/mol. The Balaban J connectivity index is 1.84. The Labute approximate surface area is 116 Å². The van der Waals surface area contributed by atoms with Crippen molar-refractivity contribution in [3.05, 3.63) is 34.9 Å². The minimum Gasteiger partial charge on any atom is -0.372 e. The minimum atomic E-state index is 0.435. The lowest BCUT2D eigenvalue weighted by atomic mass is 9.98.